The van der Waals surface area contributed by atoms with Gasteiger partial charge < -0.3 is 0 Å². The molecule has 0 bridgehead atoms. The maximum absolute atomic E-state index is 2.34. The van der Waals surface area contributed by atoms with E-state index in [4.69, 9.17) is 0 Å². The molecule has 0 amide bonds. The van der Waals surface area contributed by atoms with Gasteiger partial charge in [0.1, 0.15) is 0 Å². The monoisotopic (exact) mass is 262 g/mol. The highest BCUT2D eigenvalue weighted by molar-refractivity contribution is 5.98. The van der Waals surface area contributed by atoms with E-state index in [2.05, 4.69) is 69.3 Å². The van der Waals surface area contributed by atoms with Crippen molar-refractivity contribution in [1.29, 1.82) is 0 Å². The Morgan fingerprint density at radius 3 is 2.05 bits per heavy atom. The fourth-order valence-electron chi connectivity index (χ4n) is 2.87. The first-order chi connectivity index (χ1) is 9.67. The molecule has 0 fully saturated rings. The van der Waals surface area contributed by atoms with E-state index in [-0.39, 0.29) is 0 Å². The third-order valence-corrected chi connectivity index (χ3v) is 4.09. The molecule has 0 saturated heterocycles. The van der Waals surface area contributed by atoms with Crippen molar-refractivity contribution < 1.29 is 0 Å². The molecule has 0 saturated carbocycles. The van der Waals surface area contributed by atoms with E-state index in [1.54, 1.807) is 0 Å². The van der Waals surface area contributed by atoms with Gasteiger partial charge in [-0.3, -0.25) is 0 Å². The van der Waals surface area contributed by atoms with Gasteiger partial charge in [-0.1, -0.05) is 63.6 Å². The predicted octanol–water partition coefficient (Wildman–Crippen LogP) is 6.07. The summed E-state index contributed by atoms with van der Waals surface area (Å²) in [6.07, 6.45) is 2.37. The maximum atomic E-state index is 2.34. The molecule has 3 aromatic rings. The van der Waals surface area contributed by atoms with E-state index in [9.17, 15) is 0 Å². The summed E-state index contributed by atoms with van der Waals surface area (Å²) in [6.45, 7) is 6.73. The highest BCUT2D eigenvalue weighted by Gasteiger charge is 2.03. The van der Waals surface area contributed by atoms with Gasteiger partial charge in [-0.25, -0.2) is 0 Å². The standard InChI is InChI=1S/C20H22/c1-4-5-15-6-7-17-13-20-11-16(14(2)3)8-9-18(20)12-19(17)10-15/h6-14H,4-5H2,1-3H3. The van der Waals surface area contributed by atoms with Crippen LogP contribution in [-0.4, -0.2) is 0 Å². The Morgan fingerprint density at radius 1 is 0.750 bits per heavy atom. The van der Waals surface area contributed by atoms with Crippen molar-refractivity contribution in [3.05, 3.63) is 59.7 Å². The lowest BCUT2D eigenvalue weighted by atomic mass is 9.96. The van der Waals surface area contributed by atoms with Crippen molar-refractivity contribution in [2.75, 3.05) is 0 Å². The molecule has 0 radical (unpaired) electrons. The summed E-state index contributed by atoms with van der Waals surface area (Å²) < 4.78 is 0. The first-order valence-electron chi connectivity index (χ1n) is 7.63. The fourth-order valence-corrected chi connectivity index (χ4v) is 2.87. The first-order valence-corrected chi connectivity index (χ1v) is 7.63. The van der Waals surface area contributed by atoms with Crippen molar-refractivity contribution in [2.45, 2.75) is 39.5 Å². The summed E-state index contributed by atoms with van der Waals surface area (Å²) in [6, 6.07) is 18.4. The Hall–Kier alpha value is -1.82. The van der Waals surface area contributed by atoms with Gasteiger partial charge in [-0.05, 0) is 57.1 Å². The van der Waals surface area contributed by atoms with Crippen molar-refractivity contribution in [2.24, 2.45) is 0 Å². The van der Waals surface area contributed by atoms with Crippen LogP contribution in [0.25, 0.3) is 21.5 Å². The molecule has 0 spiro atoms. The van der Waals surface area contributed by atoms with Crippen molar-refractivity contribution in [3.8, 4) is 0 Å². The third-order valence-electron chi connectivity index (χ3n) is 4.09. The van der Waals surface area contributed by atoms with Crippen LogP contribution in [-0.2, 0) is 6.42 Å². The zero-order valence-corrected chi connectivity index (χ0v) is 12.6. The molecule has 0 aromatic heterocycles. The lowest BCUT2D eigenvalue weighted by Gasteiger charge is -2.09. The molecule has 0 N–H and O–H groups in total. The highest BCUT2D eigenvalue weighted by Crippen LogP contribution is 2.27. The molecule has 0 aliphatic heterocycles. The van der Waals surface area contributed by atoms with Crippen LogP contribution in [0.4, 0.5) is 0 Å². The van der Waals surface area contributed by atoms with E-state index in [1.807, 2.05) is 0 Å². The van der Waals surface area contributed by atoms with E-state index < -0.39 is 0 Å². The lowest BCUT2D eigenvalue weighted by molar-refractivity contribution is 0.869. The van der Waals surface area contributed by atoms with Crippen LogP contribution in [0.2, 0.25) is 0 Å². The zero-order chi connectivity index (χ0) is 14.1. The molecule has 0 aliphatic rings. The molecular formula is C20H22. The minimum atomic E-state index is 0.585. The Labute approximate surface area is 121 Å². The molecule has 3 aromatic carbocycles. The van der Waals surface area contributed by atoms with Crippen molar-refractivity contribution in [1.82, 2.24) is 0 Å². The Bertz CT molecular complexity index is 750. The molecule has 102 valence electrons. The number of benzene rings is 3. The summed E-state index contributed by atoms with van der Waals surface area (Å²) in [5.74, 6) is 0.585. The van der Waals surface area contributed by atoms with Gasteiger partial charge in [-0.2, -0.15) is 0 Å². The number of aryl methyl sites for hydroxylation is 1. The van der Waals surface area contributed by atoms with Gasteiger partial charge in [0.2, 0.25) is 0 Å². The third kappa shape index (κ3) is 2.43. The van der Waals surface area contributed by atoms with Gasteiger partial charge in [0.25, 0.3) is 0 Å². The molecule has 20 heavy (non-hydrogen) atoms. The van der Waals surface area contributed by atoms with E-state index >= 15 is 0 Å². The largest absolute Gasteiger partial charge is 0.0651 e. The Balaban J connectivity index is 2.17. The van der Waals surface area contributed by atoms with E-state index in [0.717, 1.165) is 0 Å². The average molecular weight is 262 g/mol. The second kappa shape index (κ2) is 5.28. The summed E-state index contributed by atoms with van der Waals surface area (Å²) in [4.78, 5) is 0. The molecule has 0 atom stereocenters. The molecule has 0 unspecified atom stereocenters. The van der Waals surface area contributed by atoms with Crippen molar-refractivity contribution in [3.63, 3.8) is 0 Å². The summed E-state index contributed by atoms with van der Waals surface area (Å²) in [7, 11) is 0. The lowest BCUT2D eigenvalue weighted by Crippen LogP contribution is -1.87. The van der Waals surface area contributed by atoms with Crippen LogP contribution >= 0.6 is 0 Å². The summed E-state index contributed by atoms with van der Waals surface area (Å²) >= 11 is 0. The van der Waals surface area contributed by atoms with Crippen LogP contribution in [0, 0.1) is 0 Å². The van der Waals surface area contributed by atoms with Crippen LogP contribution in [0.5, 0.6) is 0 Å². The second-order valence-corrected chi connectivity index (χ2v) is 6.04. The topological polar surface area (TPSA) is 0 Å². The van der Waals surface area contributed by atoms with Gasteiger partial charge in [0.15, 0.2) is 0 Å². The van der Waals surface area contributed by atoms with Crippen LogP contribution in [0.15, 0.2) is 48.5 Å². The molecule has 0 heterocycles. The first kappa shape index (κ1) is 13.2. The van der Waals surface area contributed by atoms with E-state index in [1.165, 1.54) is 45.5 Å². The maximum Gasteiger partial charge on any atom is -0.0175 e. The summed E-state index contributed by atoms with van der Waals surface area (Å²) in [5, 5.41) is 5.40. The number of hydrogen-bond acceptors (Lipinski definition) is 0. The smallest absolute Gasteiger partial charge is 0.0175 e. The summed E-state index contributed by atoms with van der Waals surface area (Å²) in [5.41, 5.74) is 2.86. The van der Waals surface area contributed by atoms with Gasteiger partial charge >= 0.3 is 0 Å². The number of hydrogen-bond donors (Lipinski definition) is 0. The van der Waals surface area contributed by atoms with E-state index in [0.29, 0.717) is 5.92 Å². The molecule has 3 rings (SSSR count). The Kier molecular flexibility index (Phi) is 3.48. The van der Waals surface area contributed by atoms with Crippen molar-refractivity contribution >= 4 is 21.5 Å². The zero-order valence-electron chi connectivity index (χ0n) is 12.6. The SMILES string of the molecule is CCCc1ccc2cc3cc(C(C)C)ccc3cc2c1. The van der Waals surface area contributed by atoms with Crippen LogP contribution < -0.4 is 0 Å². The minimum absolute atomic E-state index is 0.585. The molecule has 0 nitrogen and oxygen atoms in total. The van der Waals surface area contributed by atoms with Gasteiger partial charge in [0, 0.05) is 0 Å². The number of rotatable bonds is 3. The molecule has 0 heteroatoms. The Morgan fingerprint density at radius 2 is 1.40 bits per heavy atom. The number of fused-ring (bicyclic) bond motifs is 2. The molecule has 0 aliphatic carbocycles. The normalized spacial score (nSPS) is 11.6. The fraction of sp³-hybridized carbons (Fsp3) is 0.300. The highest BCUT2D eigenvalue weighted by atomic mass is 14.1. The molecular weight excluding hydrogens is 240 g/mol. The second-order valence-electron chi connectivity index (χ2n) is 6.04. The minimum Gasteiger partial charge on any atom is -0.0651 e. The van der Waals surface area contributed by atoms with Gasteiger partial charge in [-0.15, -0.1) is 0 Å². The quantitative estimate of drug-likeness (QED) is 0.502. The van der Waals surface area contributed by atoms with Gasteiger partial charge in [0.05, 0.1) is 0 Å². The van der Waals surface area contributed by atoms with Crippen LogP contribution in [0.3, 0.4) is 0 Å². The predicted molar refractivity (Wildman–Crippen MR) is 89.5 cm³/mol. The van der Waals surface area contributed by atoms with Crippen LogP contribution in [0.1, 0.15) is 44.2 Å². The average Bonchev–Trinajstić information content (AvgIpc) is 2.44.